The lowest BCUT2D eigenvalue weighted by atomic mass is 9.99. The molecule has 0 nitrogen and oxygen atoms in total. The highest BCUT2D eigenvalue weighted by molar-refractivity contribution is 6.02. The molecule has 0 heteroatoms. The van der Waals surface area contributed by atoms with Gasteiger partial charge in [0.2, 0.25) is 0 Å². The van der Waals surface area contributed by atoms with Crippen LogP contribution in [0.5, 0.6) is 0 Å². The maximum Gasteiger partial charge on any atom is 0.0330 e. The van der Waals surface area contributed by atoms with Gasteiger partial charge in [0.1, 0.15) is 0 Å². The topological polar surface area (TPSA) is 0 Å². The molecular weight excluding hydrogens is 264 g/mol. The monoisotopic (exact) mass is 280 g/mol. The number of rotatable bonds is 0. The van der Waals surface area contributed by atoms with E-state index in [0.717, 1.165) is 5.57 Å². The summed E-state index contributed by atoms with van der Waals surface area (Å²) < 4.78 is 0. The highest BCUT2D eigenvalue weighted by Crippen LogP contribution is 2.45. The molecule has 0 saturated carbocycles. The fourth-order valence-electron chi connectivity index (χ4n) is 3.15. The van der Waals surface area contributed by atoms with Crippen molar-refractivity contribution in [2.45, 2.75) is 6.92 Å². The van der Waals surface area contributed by atoms with Crippen LogP contribution in [0.3, 0.4) is 0 Å². The van der Waals surface area contributed by atoms with Crippen LogP contribution in [0.25, 0.3) is 16.7 Å². The second-order valence-corrected chi connectivity index (χ2v) is 5.60. The van der Waals surface area contributed by atoms with E-state index < -0.39 is 0 Å². The first-order chi connectivity index (χ1) is 10.8. The molecule has 0 aliphatic heterocycles. The molecule has 0 unspecified atom stereocenters. The van der Waals surface area contributed by atoms with Gasteiger partial charge in [0.05, 0.1) is 0 Å². The predicted octanol–water partition coefficient (Wildman–Crippen LogP) is 5.61. The van der Waals surface area contributed by atoms with Crippen LogP contribution >= 0.6 is 0 Å². The smallest absolute Gasteiger partial charge is 0.0330 e. The highest BCUT2D eigenvalue weighted by Gasteiger charge is 2.24. The van der Waals surface area contributed by atoms with E-state index in [1.54, 1.807) is 0 Å². The molecule has 0 aromatic heterocycles. The lowest BCUT2D eigenvalue weighted by molar-refractivity contribution is 1.44. The molecule has 0 bridgehead atoms. The Hall–Kier alpha value is -2.82. The van der Waals surface area contributed by atoms with Gasteiger partial charge in [-0.25, -0.2) is 0 Å². The van der Waals surface area contributed by atoms with Crippen molar-refractivity contribution in [3.8, 4) is 11.1 Å². The number of benzene rings is 2. The van der Waals surface area contributed by atoms with Gasteiger partial charge in [0.25, 0.3) is 0 Å². The van der Waals surface area contributed by atoms with Crippen LogP contribution in [0.4, 0.5) is 0 Å². The maximum atomic E-state index is 3.63. The normalized spacial score (nSPS) is 14.6. The second-order valence-electron chi connectivity index (χ2n) is 5.60. The zero-order valence-electron chi connectivity index (χ0n) is 12.5. The average molecular weight is 280 g/mol. The average Bonchev–Trinajstić information content (AvgIpc) is 2.70. The predicted molar refractivity (Wildman–Crippen MR) is 93.6 cm³/mol. The molecule has 22 heavy (non-hydrogen) atoms. The van der Waals surface area contributed by atoms with Gasteiger partial charge in [0, 0.05) is 16.7 Å². The third-order valence-corrected chi connectivity index (χ3v) is 4.16. The third-order valence-electron chi connectivity index (χ3n) is 4.16. The summed E-state index contributed by atoms with van der Waals surface area (Å²) in [6.07, 6.45) is 12.4. The van der Waals surface area contributed by atoms with Crippen molar-refractivity contribution in [2.75, 3.05) is 0 Å². The van der Waals surface area contributed by atoms with Crippen LogP contribution in [0, 0.1) is 6.92 Å². The summed E-state index contributed by atoms with van der Waals surface area (Å²) in [7, 11) is 0. The van der Waals surface area contributed by atoms with Crippen molar-refractivity contribution >= 4 is 5.57 Å². The van der Waals surface area contributed by atoms with Gasteiger partial charge in [0.15, 0.2) is 0 Å². The first kappa shape index (κ1) is 12.9. The molecule has 104 valence electrons. The summed E-state index contributed by atoms with van der Waals surface area (Å²) in [6.45, 7) is 2.18. The Morgan fingerprint density at radius 3 is 2.14 bits per heavy atom. The van der Waals surface area contributed by atoms with E-state index in [2.05, 4.69) is 79.4 Å². The molecule has 0 amide bonds. The highest BCUT2D eigenvalue weighted by atomic mass is 14.3. The molecule has 2 aliphatic carbocycles. The maximum absolute atomic E-state index is 3.63. The van der Waals surface area contributed by atoms with Gasteiger partial charge in [-0.3, -0.25) is 0 Å². The van der Waals surface area contributed by atoms with Gasteiger partial charge in [-0.2, -0.15) is 0 Å². The minimum absolute atomic E-state index is 1.10. The standard InChI is InChI=1S/C22H16/c1-16-9-8-14-20-18-12-6-7-13-19(18)21(22(16)20)15-17-10-4-2-3-5-11-17/h2-14H,1H3. The zero-order valence-corrected chi connectivity index (χ0v) is 12.5. The SMILES string of the molecule is Cc1cccc2c1C(=C=C1C=CC=CC=C1)c1ccccc1-2. The summed E-state index contributed by atoms with van der Waals surface area (Å²) in [6, 6.07) is 15.1. The summed E-state index contributed by atoms with van der Waals surface area (Å²) in [5, 5.41) is 0. The second kappa shape index (κ2) is 5.18. The van der Waals surface area contributed by atoms with E-state index in [1.807, 2.05) is 12.2 Å². The minimum atomic E-state index is 1.10. The van der Waals surface area contributed by atoms with Gasteiger partial charge in [-0.1, -0.05) is 66.8 Å². The molecule has 0 fully saturated rings. The Balaban J connectivity index is 2.07. The van der Waals surface area contributed by atoms with Crippen LogP contribution in [-0.4, -0.2) is 0 Å². The van der Waals surface area contributed by atoms with E-state index in [1.165, 1.54) is 33.4 Å². The largest absolute Gasteiger partial charge is 0.104 e. The number of aryl methyl sites for hydroxylation is 1. The van der Waals surface area contributed by atoms with Crippen molar-refractivity contribution in [3.63, 3.8) is 0 Å². The molecule has 2 aromatic rings. The Bertz CT molecular complexity index is 893. The van der Waals surface area contributed by atoms with Crippen LogP contribution in [0.2, 0.25) is 0 Å². The molecule has 0 spiro atoms. The molecule has 2 aromatic carbocycles. The fourth-order valence-corrected chi connectivity index (χ4v) is 3.15. The zero-order chi connectivity index (χ0) is 14.9. The van der Waals surface area contributed by atoms with E-state index in [0.29, 0.717) is 0 Å². The molecule has 2 aliphatic rings. The molecule has 0 saturated heterocycles. The quantitative estimate of drug-likeness (QED) is 0.469. The first-order valence-electron chi connectivity index (χ1n) is 7.57. The van der Waals surface area contributed by atoms with E-state index >= 15 is 0 Å². The first-order valence-corrected chi connectivity index (χ1v) is 7.57. The number of hydrogen-bond donors (Lipinski definition) is 0. The van der Waals surface area contributed by atoms with Crippen LogP contribution < -0.4 is 0 Å². The van der Waals surface area contributed by atoms with Crippen molar-refractivity contribution in [2.24, 2.45) is 0 Å². The van der Waals surface area contributed by atoms with Crippen molar-refractivity contribution in [1.82, 2.24) is 0 Å². The molecule has 0 N–H and O–H groups in total. The van der Waals surface area contributed by atoms with Crippen molar-refractivity contribution in [3.05, 3.63) is 107 Å². The Labute approximate surface area is 131 Å². The number of hydrogen-bond acceptors (Lipinski definition) is 0. The fraction of sp³-hybridized carbons (Fsp3) is 0.0455. The molecule has 0 atom stereocenters. The molecule has 4 rings (SSSR count). The van der Waals surface area contributed by atoms with Gasteiger partial charge < -0.3 is 0 Å². The lowest BCUT2D eigenvalue weighted by Crippen LogP contribution is -1.85. The van der Waals surface area contributed by atoms with Crippen LogP contribution in [0.1, 0.15) is 16.7 Å². The van der Waals surface area contributed by atoms with E-state index in [9.17, 15) is 0 Å². The van der Waals surface area contributed by atoms with Crippen LogP contribution in [-0.2, 0) is 0 Å². The Morgan fingerprint density at radius 1 is 0.682 bits per heavy atom. The summed E-state index contributed by atoms with van der Waals surface area (Å²) in [4.78, 5) is 0. The minimum Gasteiger partial charge on any atom is -0.104 e. The molecule has 0 heterocycles. The number of fused-ring (bicyclic) bond motifs is 3. The number of allylic oxidation sites excluding steroid dienone is 7. The van der Waals surface area contributed by atoms with Crippen molar-refractivity contribution < 1.29 is 0 Å². The third kappa shape index (κ3) is 2.02. The lowest BCUT2D eigenvalue weighted by Gasteiger charge is -2.04. The molecule has 0 radical (unpaired) electrons. The van der Waals surface area contributed by atoms with Gasteiger partial charge in [-0.15, -0.1) is 5.73 Å². The summed E-state index contributed by atoms with van der Waals surface area (Å²) in [5.41, 5.74) is 12.5. The van der Waals surface area contributed by atoms with E-state index in [4.69, 9.17) is 0 Å². The summed E-state index contributed by atoms with van der Waals surface area (Å²) >= 11 is 0. The summed E-state index contributed by atoms with van der Waals surface area (Å²) in [5.74, 6) is 0. The molecular formula is C22H16. The Kier molecular flexibility index (Phi) is 3.04. The van der Waals surface area contributed by atoms with Gasteiger partial charge >= 0.3 is 0 Å². The van der Waals surface area contributed by atoms with Crippen molar-refractivity contribution in [1.29, 1.82) is 0 Å². The van der Waals surface area contributed by atoms with E-state index in [-0.39, 0.29) is 0 Å². The van der Waals surface area contributed by atoms with Crippen LogP contribution in [0.15, 0.2) is 90.2 Å². The van der Waals surface area contributed by atoms with Gasteiger partial charge in [-0.05, 0) is 41.3 Å². The Morgan fingerprint density at radius 2 is 1.36 bits per heavy atom.